The number of rotatable bonds is 11. The van der Waals surface area contributed by atoms with Crippen LogP contribution in [0.15, 0.2) is 102 Å². The van der Waals surface area contributed by atoms with E-state index in [2.05, 4.69) is 55.5 Å². The second kappa shape index (κ2) is 14.3. The van der Waals surface area contributed by atoms with Crippen LogP contribution >= 0.6 is 23.2 Å². The van der Waals surface area contributed by atoms with Gasteiger partial charge in [-0.1, -0.05) is 97.7 Å². The number of benzene rings is 4. The Kier molecular flexibility index (Phi) is 10.4. The predicted molar refractivity (Wildman–Crippen MR) is 184 cm³/mol. The lowest BCUT2D eigenvalue weighted by Crippen LogP contribution is -2.28. The number of nitrogens with one attached hydrogen (secondary N) is 1. The fourth-order valence-corrected chi connectivity index (χ4v) is 5.66. The molecule has 0 radical (unpaired) electrons. The molecule has 0 aliphatic heterocycles. The summed E-state index contributed by atoms with van der Waals surface area (Å²) >= 11 is 12.2. The summed E-state index contributed by atoms with van der Waals surface area (Å²) in [5.41, 5.74) is 5.13. The number of amides is 1. The highest BCUT2D eigenvalue weighted by molar-refractivity contribution is 7.85. The summed E-state index contributed by atoms with van der Waals surface area (Å²) < 4.78 is 42.7. The summed E-state index contributed by atoms with van der Waals surface area (Å²) in [4.78, 5) is 12.5. The third-order valence-electron chi connectivity index (χ3n) is 7.61. The maximum Gasteiger partial charge on any atom is 0.266 e. The Hall–Kier alpha value is -4.15. The van der Waals surface area contributed by atoms with E-state index in [1.165, 1.54) is 5.56 Å². The van der Waals surface area contributed by atoms with Gasteiger partial charge in [0.1, 0.15) is 11.5 Å². The molecule has 0 spiro atoms. The van der Waals surface area contributed by atoms with Crippen molar-refractivity contribution in [3.63, 3.8) is 0 Å². The van der Waals surface area contributed by atoms with Crippen molar-refractivity contribution in [1.82, 2.24) is 10.5 Å². The van der Waals surface area contributed by atoms with Crippen molar-refractivity contribution in [3.05, 3.63) is 135 Å². The Morgan fingerprint density at radius 2 is 1.62 bits per heavy atom. The summed E-state index contributed by atoms with van der Waals surface area (Å²) in [6.07, 6.45) is 0.575. The van der Waals surface area contributed by atoms with Gasteiger partial charge in [-0.2, -0.15) is 8.42 Å². The number of halogens is 2. The van der Waals surface area contributed by atoms with Gasteiger partial charge in [-0.05, 0) is 64.9 Å². The first-order valence-corrected chi connectivity index (χ1v) is 17.2. The number of carbonyl (C=O) groups is 1. The van der Waals surface area contributed by atoms with E-state index in [9.17, 15) is 13.2 Å². The summed E-state index contributed by atoms with van der Waals surface area (Å²) in [5, 5.41) is 7.84. The van der Waals surface area contributed by atoms with Crippen molar-refractivity contribution in [2.75, 3.05) is 12.3 Å². The van der Waals surface area contributed by atoms with Crippen LogP contribution in [0.5, 0.6) is 11.5 Å². The molecule has 11 heteroatoms. The van der Waals surface area contributed by atoms with Crippen LogP contribution in [0.4, 0.5) is 0 Å². The molecule has 5 aromatic rings. The van der Waals surface area contributed by atoms with E-state index in [0.29, 0.717) is 39.3 Å². The van der Waals surface area contributed by atoms with Crippen molar-refractivity contribution < 1.29 is 27.0 Å². The van der Waals surface area contributed by atoms with Crippen LogP contribution in [0, 0.1) is 0 Å². The van der Waals surface area contributed by atoms with Gasteiger partial charge in [0.05, 0.1) is 21.5 Å². The SMILES string of the molecule is CC(C)(C)c1ccc(C(Cc2ccc(C(=O)NCCS(=O)(=O)O)cc2)c2cc(-c3cccc(Oc4ccc(Cl)c(Cl)c4)c3)on2)cc1. The van der Waals surface area contributed by atoms with Gasteiger partial charge in [0.2, 0.25) is 0 Å². The summed E-state index contributed by atoms with van der Waals surface area (Å²) in [5.74, 6) is 0.576. The lowest BCUT2D eigenvalue weighted by Gasteiger charge is -2.21. The smallest absolute Gasteiger partial charge is 0.266 e. The summed E-state index contributed by atoms with van der Waals surface area (Å²) in [6.45, 7) is 6.32. The van der Waals surface area contributed by atoms with Gasteiger partial charge in [0.15, 0.2) is 5.76 Å². The molecule has 5 rings (SSSR count). The molecule has 1 aromatic heterocycles. The summed E-state index contributed by atoms with van der Waals surface area (Å²) in [7, 11) is -4.16. The molecule has 244 valence electrons. The average Bonchev–Trinajstić information content (AvgIpc) is 3.51. The molecule has 0 fully saturated rings. The maximum absolute atomic E-state index is 12.5. The first-order valence-electron chi connectivity index (χ1n) is 14.9. The van der Waals surface area contributed by atoms with E-state index in [1.807, 2.05) is 42.5 Å². The van der Waals surface area contributed by atoms with Crippen LogP contribution in [0.1, 0.15) is 59.4 Å². The fraction of sp³-hybridized carbons (Fsp3) is 0.222. The van der Waals surface area contributed by atoms with Gasteiger partial charge in [-0.3, -0.25) is 9.35 Å². The maximum atomic E-state index is 12.5. The highest BCUT2D eigenvalue weighted by atomic mass is 35.5. The Labute approximate surface area is 284 Å². The molecule has 1 heterocycles. The van der Waals surface area contributed by atoms with Crippen LogP contribution in [-0.4, -0.2) is 36.3 Å². The Balaban J connectivity index is 1.39. The number of hydrogen-bond donors (Lipinski definition) is 2. The predicted octanol–water partition coefficient (Wildman–Crippen LogP) is 8.73. The second-order valence-electron chi connectivity index (χ2n) is 12.2. The first-order chi connectivity index (χ1) is 22.2. The topological polar surface area (TPSA) is 119 Å². The summed E-state index contributed by atoms with van der Waals surface area (Å²) in [6, 6.07) is 30.1. The number of hydrogen-bond acceptors (Lipinski definition) is 6. The Bertz CT molecular complexity index is 1970. The molecule has 0 aliphatic rings. The molecule has 8 nitrogen and oxygen atoms in total. The van der Waals surface area contributed by atoms with Crippen LogP contribution in [0.2, 0.25) is 10.0 Å². The van der Waals surface area contributed by atoms with E-state index >= 15 is 0 Å². The van der Waals surface area contributed by atoms with Crippen molar-refractivity contribution in [3.8, 4) is 22.8 Å². The minimum Gasteiger partial charge on any atom is -0.457 e. The number of nitrogens with zero attached hydrogens (tertiary/aromatic N) is 1. The molecule has 0 saturated carbocycles. The lowest BCUT2D eigenvalue weighted by molar-refractivity contribution is 0.0956. The van der Waals surface area contributed by atoms with Crippen LogP contribution < -0.4 is 10.1 Å². The van der Waals surface area contributed by atoms with Crippen molar-refractivity contribution in [1.29, 1.82) is 0 Å². The Morgan fingerprint density at radius 1 is 0.915 bits per heavy atom. The van der Waals surface area contributed by atoms with Gasteiger partial charge >= 0.3 is 0 Å². The monoisotopic (exact) mass is 692 g/mol. The van der Waals surface area contributed by atoms with Crippen LogP contribution in [0.3, 0.4) is 0 Å². The van der Waals surface area contributed by atoms with Gasteiger partial charge in [0.25, 0.3) is 16.0 Å². The number of carbonyl (C=O) groups excluding carboxylic acids is 1. The molecule has 1 unspecified atom stereocenters. The molecule has 0 aliphatic carbocycles. The third kappa shape index (κ3) is 9.23. The average molecular weight is 694 g/mol. The van der Waals surface area contributed by atoms with Crippen LogP contribution in [0.25, 0.3) is 11.3 Å². The highest BCUT2D eigenvalue weighted by Crippen LogP contribution is 2.35. The zero-order valence-electron chi connectivity index (χ0n) is 26.0. The normalized spacial score (nSPS) is 12.5. The van der Waals surface area contributed by atoms with Gasteiger partial charge in [-0.25, -0.2) is 0 Å². The molecule has 4 aromatic carbocycles. The minimum absolute atomic E-state index is 0.00269. The van der Waals surface area contributed by atoms with Gasteiger partial charge in [0, 0.05) is 35.7 Å². The Morgan fingerprint density at radius 3 is 2.28 bits per heavy atom. The molecular formula is C36H34Cl2N2O6S. The quantitative estimate of drug-likeness (QED) is 0.133. The van der Waals surface area contributed by atoms with Crippen molar-refractivity contribution in [2.45, 2.75) is 38.5 Å². The van der Waals surface area contributed by atoms with Crippen molar-refractivity contribution >= 4 is 39.2 Å². The van der Waals surface area contributed by atoms with E-state index in [1.54, 1.807) is 30.3 Å². The molecule has 47 heavy (non-hydrogen) atoms. The van der Waals surface area contributed by atoms with E-state index < -0.39 is 21.8 Å². The number of ether oxygens (including phenoxy) is 1. The zero-order chi connectivity index (χ0) is 33.8. The highest BCUT2D eigenvalue weighted by Gasteiger charge is 2.22. The molecule has 1 atom stereocenters. The minimum atomic E-state index is -4.16. The van der Waals surface area contributed by atoms with Gasteiger partial charge in [-0.15, -0.1) is 0 Å². The fourth-order valence-electron chi connectivity index (χ4n) is 5.01. The third-order valence-corrected chi connectivity index (χ3v) is 9.07. The van der Waals surface area contributed by atoms with Crippen molar-refractivity contribution in [2.24, 2.45) is 0 Å². The van der Waals surface area contributed by atoms with E-state index in [4.69, 9.17) is 37.0 Å². The molecule has 2 N–H and O–H groups in total. The largest absolute Gasteiger partial charge is 0.457 e. The molecular weight excluding hydrogens is 659 g/mol. The zero-order valence-corrected chi connectivity index (χ0v) is 28.4. The standard InChI is InChI=1S/C36H34Cl2N2O6S/c1-36(2,3)27-13-11-24(12-14-27)30(19-23-7-9-25(10-8-23)35(41)39-17-18-47(42,43)44)33-22-34(46-40-33)26-5-4-6-28(20-26)45-29-15-16-31(37)32(38)21-29/h4-16,20-22,30H,17-19H2,1-3H3,(H,39,41)(H,42,43,44). The first kappa shape index (κ1) is 34.2. The lowest BCUT2D eigenvalue weighted by atomic mass is 9.83. The second-order valence-corrected chi connectivity index (χ2v) is 14.6. The van der Waals surface area contributed by atoms with Crippen LogP contribution in [-0.2, 0) is 22.0 Å². The molecule has 0 bridgehead atoms. The van der Waals surface area contributed by atoms with Gasteiger partial charge < -0.3 is 14.6 Å². The van der Waals surface area contributed by atoms with E-state index in [0.717, 1.165) is 22.4 Å². The van der Waals surface area contributed by atoms with E-state index in [-0.39, 0.29) is 17.9 Å². The molecule has 0 saturated heterocycles. The number of aromatic nitrogens is 1. The molecule has 1 amide bonds.